The van der Waals surface area contributed by atoms with Gasteiger partial charge in [0.2, 0.25) is 5.91 Å². The van der Waals surface area contributed by atoms with Crippen molar-refractivity contribution in [3.63, 3.8) is 0 Å². The molecule has 0 fully saturated rings. The number of benzene rings is 1. The highest BCUT2D eigenvalue weighted by Gasteiger charge is 2.30. The summed E-state index contributed by atoms with van der Waals surface area (Å²) >= 11 is 0. The van der Waals surface area contributed by atoms with Crippen molar-refractivity contribution in [1.29, 1.82) is 0 Å². The zero-order valence-corrected chi connectivity index (χ0v) is 14.1. The van der Waals surface area contributed by atoms with Gasteiger partial charge in [0.05, 0.1) is 5.41 Å². The number of hydrogen-bond donors (Lipinski definition) is 2. The molecule has 0 radical (unpaired) electrons. The third-order valence-electron chi connectivity index (χ3n) is 4.00. The highest BCUT2D eigenvalue weighted by molar-refractivity contribution is 5.87. The van der Waals surface area contributed by atoms with E-state index in [1.807, 2.05) is 38.1 Å². The molecular weight excluding hydrogens is 260 g/mol. The van der Waals surface area contributed by atoms with Crippen molar-refractivity contribution in [2.45, 2.75) is 65.3 Å². The summed E-state index contributed by atoms with van der Waals surface area (Å²) in [5, 5.41) is 3.14. The minimum absolute atomic E-state index is 0.0734. The Bertz CT molecular complexity index is 449. The number of amides is 1. The fourth-order valence-corrected chi connectivity index (χ4v) is 2.34. The smallest absolute Gasteiger partial charge is 0.230 e. The molecule has 3 nitrogen and oxygen atoms in total. The summed E-state index contributed by atoms with van der Waals surface area (Å²) in [5.41, 5.74) is 6.87. The lowest BCUT2D eigenvalue weighted by atomic mass is 9.83. The van der Waals surface area contributed by atoms with E-state index >= 15 is 0 Å². The average molecular weight is 290 g/mol. The minimum atomic E-state index is -0.542. The van der Waals surface area contributed by atoms with Gasteiger partial charge in [-0.05, 0) is 50.8 Å². The number of nitrogens with one attached hydrogen (secondary N) is 1. The Morgan fingerprint density at radius 1 is 1.14 bits per heavy atom. The van der Waals surface area contributed by atoms with Crippen molar-refractivity contribution in [1.82, 2.24) is 5.32 Å². The van der Waals surface area contributed by atoms with Crippen molar-refractivity contribution in [3.05, 3.63) is 29.8 Å². The van der Waals surface area contributed by atoms with Crippen LogP contribution in [0.15, 0.2) is 24.3 Å². The molecule has 118 valence electrons. The van der Waals surface area contributed by atoms with Gasteiger partial charge in [0.25, 0.3) is 0 Å². The first-order valence-electron chi connectivity index (χ1n) is 7.90. The van der Waals surface area contributed by atoms with Crippen molar-refractivity contribution >= 4 is 11.6 Å². The molecule has 0 bridgehead atoms. The molecule has 3 N–H and O–H groups in total. The van der Waals surface area contributed by atoms with E-state index in [2.05, 4.69) is 26.1 Å². The van der Waals surface area contributed by atoms with Crippen LogP contribution in [-0.4, -0.2) is 11.9 Å². The Hall–Kier alpha value is -1.51. The molecule has 1 atom stereocenters. The van der Waals surface area contributed by atoms with Crippen LogP contribution in [0, 0.1) is 5.92 Å². The normalized spacial score (nSPS) is 13.2. The standard InChI is InChI=1S/C18H30N2O/c1-13(2)7-6-8-14(3)20-17(21)18(4,5)15-9-11-16(19)12-10-15/h9-14H,6-8,19H2,1-5H3,(H,20,21). The highest BCUT2D eigenvalue weighted by Crippen LogP contribution is 2.24. The minimum Gasteiger partial charge on any atom is -0.399 e. The summed E-state index contributed by atoms with van der Waals surface area (Å²) in [5.74, 6) is 0.795. The molecule has 0 aliphatic carbocycles. The van der Waals surface area contributed by atoms with Crippen LogP contribution in [0.1, 0.15) is 59.4 Å². The van der Waals surface area contributed by atoms with Gasteiger partial charge < -0.3 is 11.1 Å². The van der Waals surface area contributed by atoms with E-state index in [0.717, 1.165) is 30.0 Å². The van der Waals surface area contributed by atoms with Gasteiger partial charge in [-0.15, -0.1) is 0 Å². The second-order valence-corrected chi connectivity index (χ2v) is 6.95. The Morgan fingerprint density at radius 2 is 1.71 bits per heavy atom. The van der Waals surface area contributed by atoms with Gasteiger partial charge in [-0.2, -0.15) is 0 Å². The van der Waals surface area contributed by atoms with Crippen LogP contribution in [0.4, 0.5) is 5.69 Å². The van der Waals surface area contributed by atoms with E-state index < -0.39 is 5.41 Å². The zero-order valence-electron chi connectivity index (χ0n) is 14.1. The fraction of sp³-hybridized carbons (Fsp3) is 0.611. The van der Waals surface area contributed by atoms with Crippen molar-refractivity contribution in [2.24, 2.45) is 5.92 Å². The molecule has 1 unspecified atom stereocenters. The van der Waals surface area contributed by atoms with Crippen LogP contribution < -0.4 is 11.1 Å². The molecule has 0 saturated carbocycles. The SMILES string of the molecule is CC(C)CCCC(C)NC(=O)C(C)(C)c1ccc(N)cc1. The topological polar surface area (TPSA) is 55.1 Å². The van der Waals surface area contributed by atoms with E-state index in [0.29, 0.717) is 0 Å². The molecule has 0 spiro atoms. The molecule has 0 aromatic heterocycles. The predicted molar refractivity (Wildman–Crippen MR) is 90.2 cm³/mol. The largest absolute Gasteiger partial charge is 0.399 e. The van der Waals surface area contributed by atoms with Crippen LogP contribution in [0.25, 0.3) is 0 Å². The molecule has 0 aliphatic rings. The number of anilines is 1. The third-order valence-corrected chi connectivity index (χ3v) is 4.00. The van der Waals surface area contributed by atoms with Gasteiger partial charge in [-0.1, -0.05) is 38.8 Å². The zero-order chi connectivity index (χ0) is 16.0. The number of carbonyl (C=O) groups is 1. The van der Waals surface area contributed by atoms with Gasteiger partial charge in [0, 0.05) is 11.7 Å². The van der Waals surface area contributed by atoms with E-state index in [4.69, 9.17) is 5.73 Å². The summed E-state index contributed by atoms with van der Waals surface area (Å²) in [6.45, 7) is 10.4. The second kappa shape index (κ2) is 7.48. The van der Waals surface area contributed by atoms with E-state index in [9.17, 15) is 4.79 Å². The average Bonchev–Trinajstić information content (AvgIpc) is 2.38. The highest BCUT2D eigenvalue weighted by atomic mass is 16.2. The molecular formula is C18H30N2O. The first kappa shape index (κ1) is 17.5. The summed E-state index contributed by atoms with van der Waals surface area (Å²) < 4.78 is 0. The maximum Gasteiger partial charge on any atom is 0.230 e. The molecule has 1 amide bonds. The molecule has 0 aliphatic heterocycles. The Balaban J connectivity index is 2.58. The van der Waals surface area contributed by atoms with Crippen molar-refractivity contribution < 1.29 is 4.79 Å². The first-order chi connectivity index (χ1) is 9.73. The lowest BCUT2D eigenvalue weighted by Crippen LogP contribution is -2.44. The monoisotopic (exact) mass is 290 g/mol. The second-order valence-electron chi connectivity index (χ2n) is 6.95. The number of nitrogens with two attached hydrogens (primary N) is 1. The van der Waals surface area contributed by atoms with E-state index in [1.54, 1.807) is 0 Å². The maximum atomic E-state index is 12.5. The Labute approximate surface area is 129 Å². The molecule has 1 aromatic carbocycles. The number of nitrogen functional groups attached to an aromatic ring is 1. The lowest BCUT2D eigenvalue weighted by Gasteiger charge is -2.26. The summed E-state index contributed by atoms with van der Waals surface area (Å²) in [4.78, 5) is 12.5. The number of rotatable bonds is 7. The maximum absolute atomic E-state index is 12.5. The quantitative estimate of drug-likeness (QED) is 0.749. The molecule has 0 heterocycles. The summed E-state index contributed by atoms with van der Waals surface area (Å²) in [6.07, 6.45) is 3.39. The van der Waals surface area contributed by atoms with Gasteiger partial charge in [-0.3, -0.25) is 4.79 Å². The first-order valence-corrected chi connectivity index (χ1v) is 7.90. The van der Waals surface area contributed by atoms with Gasteiger partial charge in [-0.25, -0.2) is 0 Å². The van der Waals surface area contributed by atoms with Crippen LogP contribution >= 0.6 is 0 Å². The van der Waals surface area contributed by atoms with Crippen LogP contribution in [0.3, 0.4) is 0 Å². The predicted octanol–water partition coefficient (Wildman–Crippen LogP) is 3.88. The summed E-state index contributed by atoms with van der Waals surface area (Å²) in [6, 6.07) is 7.76. The molecule has 21 heavy (non-hydrogen) atoms. The van der Waals surface area contributed by atoms with Crippen LogP contribution in [-0.2, 0) is 10.2 Å². The van der Waals surface area contributed by atoms with Gasteiger partial charge in [0.1, 0.15) is 0 Å². The van der Waals surface area contributed by atoms with Crippen LogP contribution in [0.5, 0.6) is 0 Å². The summed E-state index contributed by atoms with van der Waals surface area (Å²) in [7, 11) is 0. The molecule has 0 saturated heterocycles. The Kier molecular flexibility index (Phi) is 6.25. The number of carbonyl (C=O) groups excluding carboxylic acids is 1. The van der Waals surface area contributed by atoms with Gasteiger partial charge in [0.15, 0.2) is 0 Å². The molecule has 3 heteroatoms. The van der Waals surface area contributed by atoms with Crippen molar-refractivity contribution in [2.75, 3.05) is 5.73 Å². The molecule has 1 rings (SSSR count). The third kappa shape index (κ3) is 5.41. The van der Waals surface area contributed by atoms with Gasteiger partial charge >= 0.3 is 0 Å². The van der Waals surface area contributed by atoms with E-state index in [1.165, 1.54) is 6.42 Å². The molecule has 1 aromatic rings. The number of hydrogen-bond acceptors (Lipinski definition) is 2. The lowest BCUT2D eigenvalue weighted by molar-refractivity contribution is -0.126. The van der Waals surface area contributed by atoms with Crippen molar-refractivity contribution in [3.8, 4) is 0 Å². The van der Waals surface area contributed by atoms with E-state index in [-0.39, 0.29) is 11.9 Å². The van der Waals surface area contributed by atoms with Crippen LogP contribution in [0.2, 0.25) is 0 Å². The fourth-order valence-electron chi connectivity index (χ4n) is 2.34. The Morgan fingerprint density at radius 3 is 2.24 bits per heavy atom.